The average Bonchev–Trinajstić information content (AvgIpc) is 2.21. The molecule has 0 amide bonds. The lowest BCUT2D eigenvalue weighted by atomic mass is 10.1. The fourth-order valence-electron chi connectivity index (χ4n) is 1.72. The van der Waals surface area contributed by atoms with Gasteiger partial charge in [0.25, 0.3) is 0 Å². The molecule has 0 rings (SSSR count). The second-order valence-corrected chi connectivity index (χ2v) is 6.48. The molecular formula is C12H27NO3S. The Kier molecular flexibility index (Phi) is 9.78. The number of primary sulfonamides is 1. The topological polar surface area (TPSA) is 69.4 Å². The zero-order chi connectivity index (χ0) is 13.1. The number of ether oxygens (including phenoxy) is 1. The van der Waals surface area contributed by atoms with Crippen molar-refractivity contribution in [3.8, 4) is 0 Å². The fourth-order valence-corrected chi connectivity index (χ4v) is 2.33. The quantitative estimate of drug-likeness (QED) is 0.583. The van der Waals surface area contributed by atoms with E-state index < -0.39 is 10.0 Å². The van der Waals surface area contributed by atoms with E-state index in [9.17, 15) is 8.42 Å². The molecule has 0 aliphatic carbocycles. The van der Waals surface area contributed by atoms with Crippen molar-refractivity contribution in [2.24, 2.45) is 11.1 Å². The number of nitrogens with two attached hydrogens (primary N) is 1. The number of sulfonamides is 1. The number of hydrogen-bond acceptors (Lipinski definition) is 3. The standard InChI is InChI=1S/C12H27NO3S/c1-3-8-12(2)11-16-9-6-4-5-7-10-17(13,14)15/h12H,3-11H2,1-2H3,(H2,13,14,15). The van der Waals surface area contributed by atoms with Gasteiger partial charge in [-0.3, -0.25) is 0 Å². The summed E-state index contributed by atoms with van der Waals surface area (Å²) in [5.41, 5.74) is 0. The fraction of sp³-hybridized carbons (Fsp3) is 1.00. The minimum atomic E-state index is -3.27. The van der Waals surface area contributed by atoms with Crippen molar-refractivity contribution in [2.75, 3.05) is 19.0 Å². The first kappa shape index (κ1) is 16.9. The highest BCUT2D eigenvalue weighted by molar-refractivity contribution is 7.89. The van der Waals surface area contributed by atoms with Crippen LogP contribution in [0.15, 0.2) is 0 Å². The molecule has 2 N–H and O–H groups in total. The molecule has 0 heterocycles. The normalized spacial score (nSPS) is 13.8. The molecular weight excluding hydrogens is 238 g/mol. The van der Waals surface area contributed by atoms with Crippen LogP contribution in [0, 0.1) is 5.92 Å². The summed E-state index contributed by atoms with van der Waals surface area (Å²) < 4.78 is 26.9. The molecule has 0 bridgehead atoms. The van der Waals surface area contributed by atoms with E-state index in [1.807, 2.05) is 0 Å². The van der Waals surface area contributed by atoms with Crippen molar-refractivity contribution in [2.45, 2.75) is 52.4 Å². The summed E-state index contributed by atoms with van der Waals surface area (Å²) in [6, 6.07) is 0. The van der Waals surface area contributed by atoms with E-state index in [0.717, 1.165) is 32.5 Å². The Morgan fingerprint density at radius 1 is 1.18 bits per heavy atom. The molecule has 0 saturated carbocycles. The summed E-state index contributed by atoms with van der Waals surface area (Å²) in [7, 11) is -3.27. The van der Waals surface area contributed by atoms with Gasteiger partial charge >= 0.3 is 0 Å². The van der Waals surface area contributed by atoms with Gasteiger partial charge < -0.3 is 4.74 Å². The Morgan fingerprint density at radius 3 is 2.41 bits per heavy atom. The van der Waals surface area contributed by atoms with E-state index in [0.29, 0.717) is 12.3 Å². The van der Waals surface area contributed by atoms with E-state index >= 15 is 0 Å². The van der Waals surface area contributed by atoms with Gasteiger partial charge in [0.15, 0.2) is 0 Å². The van der Waals surface area contributed by atoms with E-state index in [1.165, 1.54) is 12.8 Å². The van der Waals surface area contributed by atoms with Crippen LogP contribution in [0.5, 0.6) is 0 Å². The predicted octanol–water partition coefficient (Wildman–Crippen LogP) is 2.29. The van der Waals surface area contributed by atoms with Crippen LogP contribution in [0.25, 0.3) is 0 Å². The van der Waals surface area contributed by atoms with Crippen LogP contribution in [0.4, 0.5) is 0 Å². The summed E-state index contributed by atoms with van der Waals surface area (Å²) in [5.74, 6) is 0.740. The van der Waals surface area contributed by atoms with Gasteiger partial charge in [0.1, 0.15) is 0 Å². The van der Waals surface area contributed by atoms with E-state index in [-0.39, 0.29) is 5.75 Å². The van der Waals surface area contributed by atoms with Gasteiger partial charge in [0.05, 0.1) is 5.75 Å². The third-order valence-electron chi connectivity index (χ3n) is 2.65. The maximum absolute atomic E-state index is 10.7. The lowest BCUT2D eigenvalue weighted by Gasteiger charge is -2.10. The first-order valence-corrected chi connectivity index (χ1v) is 8.25. The lowest BCUT2D eigenvalue weighted by molar-refractivity contribution is 0.0984. The van der Waals surface area contributed by atoms with Crippen LogP contribution in [-0.4, -0.2) is 27.4 Å². The highest BCUT2D eigenvalue weighted by Crippen LogP contribution is 2.06. The van der Waals surface area contributed by atoms with Gasteiger partial charge in [-0.15, -0.1) is 0 Å². The maximum atomic E-state index is 10.7. The van der Waals surface area contributed by atoms with E-state index in [4.69, 9.17) is 9.88 Å². The van der Waals surface area contributed by atoms with Crippen molar-refractivity contribution in [3.05, 3.63) is 0 Å². The van der Waals surface area contributed by atoms with Crippen LogP contribution in [0.3, 0.4) is 0 Å². The summed E-state index contributed by atoms with van der Waals surface area (Å²) in [6.07, 6.45) is 6.00. The molecule has 0 saturated heterocycles. The molecule has 4 nitrogen and oxygen atoms in total. The molecule has 0 aromatic heterocycles. The minimum absolute atomic E-state index is 0.0986. The Morgan fingerprint density at radius 2 is 1.82 bits per heavy atom. The van der Waals surface area contributed by atoms with Crippen molar-refractivity contribution in [3.63, 3.8) is 0 Å². The molecule has 0 aromatic rings. The highest BCUT2D eigenvalue weighted by atomic mass is 32.2. The summed E-state index contributed by atoms with van der Waals surface area (Å²) >= 11 is 0. The average molecular weight is 265 g/mol. The SMILES string of the molecule is CCCC(C)COCCCCCCS(N)(=O)=O. The zero-order valence-electron chi connectivity index (χ0n) is 11.2. The molecule has 1 atom stereocenters. The predicted molar refractivity (Wildman–Crippen MR) is 71.3 cm³/mol. The van der Waals surface area contributed by atoms with Crippen LogP contribution in [-0.2, 0) is 14.8 Å². The van der Waals surface area contributed by atoms with Crippen LogP contribution in [0.1, 0.15) is 52.4 Å². The van der Waals surface area contributed by atoms with Crippen molar-refractivity contribution in [1.82, 2.24) is 0 Å². The van der Waals surface area contributed by atoms with Gasteiger partial charge in [-0.2, -0.15) is 0 Å². The highest BCUT2D eigenvalue weighted by Gasteiger charge is 2.02. The summed E-state index contributed by atoms with van der Waals surface area (Å²) in [4.78, 5) is 0. The van der Waals surface area contributed by atoms with Crippen LogP contribution >= 0.6 is 0 Å². The third kappa shape index (κ3) is 13.8. The Bertz CT molecular complexity index is 265. The largest absolute Gasteiger partial charge is 0.381 e. The monoisotopic (exact) mass is 265 g/mol. The van der Waals surface area contributed by atoms with Gasteiger partial charge in [0, 0.05) is 13.2 Å². The second kappa shape index (κ2) is 9.85. The smallest absolute Gasteiger partial charge is 0.209 e. The summed E-state index contributed by atoms with van der Waals surface area (Å²) in [6.45, 7) is 6.01. The molecule has 17 heavy (non-hydrogen) atoms. The molecule has 5 heteroatoms. The Labute approximate surface area is 106 Å². The van der Waals surface area contributed by atoms with Crippen LogP contribution in [0.2, 0.25) is 0 Å². The second-order valence-electron chi connectivity index (χ2n) is 4.75. The van der Waals surface area contributed by atoms with Crippen molar-refractivity contribution < 1.29 is 13.2 Å². The molecule has 0 aromatic carbocycles. The van der Waals surface area contributed by atoms with E-state index in [1.54, 1.807) is 0 Å². The van der Waals surface area contributed by atoms with Crippen molar-refractivity contribution in [1.29, 1.82) is 0 Å². The first-order valence-electron chi connectivity index (χ1n) is 6.54. The Balaban J connectivity index is 3.19. The third-order valence-corrected chi connectivity index (χ3v) is 3.51. The van der Waals surface area contributed by atoms with Gasteiger partial charge in [-0.1, -0.05) is 33.1 Å². The number of rotatable bonds is 11. The molecule has 0 spiro atoms. The van der Waals surface area contributed by atoms with Gasteiger partial charge in [-0.05, 0) is 25.2 Å². The molecule has 0 fully saturated rings. The molecule has 0 aliphatic rings. The van der Waals surface area contributed by atoms with Crippen LogP contribution < -0.4 is 5.14 Å². The van der Waals surface area contributed by atoms with Crippen molar-refractivity contribution >= 4 is 10.0 Å². The lowest BCUT2D eigenvalue weighted by Crippen LogP contribution is -2.16. The van der Waals surface area contributed by atoms with Gasteiger partial charge in [-0.25, -0.2) is 13.6 Å². The number of unbranched alkanes of at least 4 members (excludes halogenated alkanes) is 3. The zero-order valence-corrected chi connectivity index (χ0v) is 12.0. The Hall–Kier alpha value is -0.130. The molecule has 0 radical (unpaired) electrons. The molecule has 0 aliphatic heterocycles. The number of hydrogen-bond donors (Lipinski definition) is 1. The van der Waals surface area contributed by atoms with Gasteiger partial charge in [0.2, 0.25) is 10.0 Å². The summed E-state index contributed by atoms with van der Waals surface area (Å²) in [5, 5.41) is 4.91. The van der Waals surface area contributed by atoms with E-state index in [2.05, 4.69) is 13.8 Å². The molecule has 1 unspecified atom stereocenters. The minimum Gasteiger partial charge on any atom is -0.381 e. The first-order chi connectivity index (χ1) is 7.95. The molecule has 104 valence electrons. The maximum Gasteiger partial charge on any atom is 0.209 e.